The number of rotatable bonds is 5. The largest absolute Gasteiger partial charge is 0.494 e. The van der Waals surface area contributed by atoms with E-state index in [1.807, 2.05) is 24.3 Å². The molecule has 5 heteroatoms. The molecule has 3 nitrogen and oxygen atoms in total. The van der Waals surface area contributed by atoms with Crippen molar-refractivity contribution in [3.05, 3.63) is 48.3 Å². The number of fused-ring (bicyclic) bond motifs is 1. The molecule has 0 radical (unpaired) electrons. The number of halogens is 2. The molecule has 3 aromatic rings. The summed E-state index contributed by atoms with van der Waals surface area (Å²) in [4.78, 5) is 0. The molecule has 0 spiro atoms. The second kappa shape index (κ2) is 6.26. The van der Waals surface area contributed by atoms with Crippen LogP contribution in [0.3, 0.4) is 0 Å². The molecule has 0 aliphatic heterocycles. The highest BCUT2D eigenvalue weighted by molar-refractivity contribution is 9.09. The molecule has 0 fully saturated rings. The summed E-state index contributed by atoms with van der Waals surface area (Å²) in [5, 5.41) is 5.61. The third-order valence-corrected chi connectivity index (χ3v) is 3.66. The van der Waals surface area contributed by atoms with Gasteiger partial charge in [-0.2, -0.15) is 0 Å². The van der Waals surface area contributed by atoms with Crippen LogP contribution >= 0.6 is 15.9 Å². The first kappa shape index (κ1) is 14.1. The van der Waals surface area contributed by atoms with Crippen LogP contribution in [0.2, 0.25) is 0 Å². The predicted octanol–water partition coefficient (Wildman–Crippen LogP) is 4.80. The van der Waals surface area contributed by atoms with E-state index in [2.05, 4.69) is 21.1 Å². The quantitative estimate of drug-likeness (QED) is 0.490. The maximum Gasteiger partial charge on any atom is 0.174 e. The maximum atomic E-state index is 13.1. The Kier molecular flexibility index (Phi) is 4.20. The van der Waals surface area contributed by atoms with Crippen LogP contribution in [0, 0.1) is 5.82 Å². The maximum absolute atomic E-state index is 13.1. The van der Waals surface area contributed by atoms with Gasteiger partial charge in [-0.25, -0.2) is 4.39 Å². The van der Waals surface area contributed by atoms with Crippen LogP contribution in [0.15, 0.2) is 47.0 Å². The molecule has 0 atom stereocenters. The van der Waals surface area contributed by atoms with E-state index in [1.165, 1.54) is 12.1 Å². The average Bonchev–Trinajstić information content (AvgIpc) is 2.91. The highest BCUT2D eigenvalue weighted by Crippen LogP contribution is 2.30. The van der Waals surface area contributed by atoms with Crippen molar-refractivity contribution >= 4 is 26.8 Å². The number of nitrogens with zero attached hydrogens (tertiary/aromatic N) is 1. The topological polar surface area (TPSA) is 35.3 Å². The van der Waals surface area contributed by atoms with Crippen molar-refractivity contribution in [2.75, 3.05) is 11.9 Å². The SMILES string of the molecule is Fc1ccc2c(-c3ccc(OCCCBr)cc3)onc2c1. The van der Waals surface area contributed by atoms with E-state index in [9.17, 15) is 4.39 Å². The lowest BCUT2D eigenvalue weighted by Crippen LogP contribution is -1.97. The van der Waals surface area contributed by atoms with Crippen molar-refractivity contribution in [1.29, 1.82) is 0 Å². The van der Waals surface area contributed by atoms with E-state index in [-0.39, 0.29) is 5.82 Å². The molecule has 0 saturated heterocycles. The summed E-state index contributed by atoms with van der Waals surface area (Å²) >= 11 is 3.36. The lowest BCUT2D eigenvalue weighted by molar-refractivity contribution is 0.319. The van der Waals surface area contributed by atoms with Crippen molar-refractivity contribution in [3.63, 3.8) is 0 Å². The molecule has 21 heavy (non-hydrogen) atoms. The van der Waals surface area contributed by atoms with Crippen LogP contribution in [-0.2, 0) is 0 Å². The molecule has 1 heterocycles. The lowest BCUT2D eigenvalue weighted by atomic mass is 10.1. The third-order valence-electron chi connectivity index (χ3n) is 3.10. The van der Waals surface area contributed by atoms with Gasteiger partial charge in [0.05, 0.1) is 6.61 Å². The Hall–Kier alpha value is -1.88. The number of aromatic nitrogens is 1. The van der Waals surface area contributed by atoms with Gasteiger partial charge in [0.15, 0.2) is 5.76 Å². The second-order valence-electron chi connectivity index (χ2n) is 4.59. The number of alkyl halides is 1. The van der Waals surface area contributed by atoms with Crippen molar-refractivity contribution in [2.24, 2.45) is 0 Å². The Morgan fingerprint density at radius 1 is 1.14 bits per heavy atom. The van der Waals surface area contributed by atoms with Gasteiger partial charge in [0.25, 0.3) is 0 Å². The van der Waals surface area contributed by atoms with Crippen molar-refractivity contribution < 1.29 is 13.7 Å². The predicted molar refractivity (Wildman–Crippen MR) is 83.3 cm³/mol. The van der Waals surface area contributed by atoms with Gasteiger partial charge in [0.1, 0.15) is 17.1 Å². The van der Waals surface area contributed by atoms with Crippen molar-refractivity contribution in [2.45, 2.75) is 6.42 Å². The molecule has 108 valence electrons. The number of ether oxygens (including phenoxy) is 1. The van der Waals surface area contributed by atoms with Gasteiger partial charge in [-0.05, 0) is 42.8 Å². The Labute approximate surface area is 129 Å². The third kappa shape index (κ3) is 3.08. The Balaban J connectivity index is 1.85. The van der Waals surface area contributed by atoms with E-state index >= 15 is 0 Å². The summed E-state index contributed by atoms with van der Waals surface area (Å²) in [5.41, 5.74) is 1.40. The molecular formula is C16H13BrFNO2. The van der Waals surface area contributed by atoms with E-state index in [1.54, 1.807) is 6.07 Å². The smallest absolute Gasteiger partial charge is 0.174 e. The summed E-state index contributed by atoms with van der Waals surface area (Å²) in [6, 6.07) is 12.0. The van der Waals surface area contributed by atoms with Crippen molar-refractivity contribution in [1.82, 2.24) is 5.16 Å². The monoisotopic (exact) mass is 349 g/mol. The van der Waals surface area contributed by atoms with Crippen LogP contribution < -0.4 is 4.74 Å². The Morgan fingerprint density at radius 2 is 1.95 bits per heavy atom. The van der Waals surface area contributed by atoms with Gasteiger partial charge in [0.2, 0.25) is 0 Å². The fourth-order valence-corrected chi connectivity index (χ4v) is 2.30. The zero-order valence-electron chi connectivity index (χ0n) is 11.2. The highest BCUT2D eigenvalue weighted by Gasteiger charge is 2.11. The molecule has 2 aromatic carbocycles. The number of hydrogen-bond acceptors (Lipinski definition) is 3. The minimum absolute atomic E-state index is 0.321. The first-order valence-electron chi connectivity index (χ1n) is 6.62. The number of hydrogen-bond donors (Lipinski definition) is 0. The molecule has 0 bridgehead atoms. The molecule has 1 aromatic heterocycles. The molecule has 3 rings (SSSR count). The van der Waals surface area contributed by atoms with E-state index in [0.29, 0.717) is 17.9 Å². The lowest BCUT2D eigenvalue weighted by Gasteiger charge is -2.05. The molecule has 0 saturated carbocycles. The van der Waals surface area contributed by atoms with Crippen LogP contribution in [0.5, 0.6) is 5.75 Å². The first-order valence-corrected chi connectivity index (χ1v) is 7.74. The summed E-state index contributed by atoms with van der Waals surface area (Å²) in [6.45, 7) is 0.676. The molecular weight excluding hydrogens is 337 g/mol. The fourth-order valence-electron chi connectivity index (χ4n) is 2.07. The number of benzene rings is 2. The summed E-state index contributed by atoms with van der Waals surface area (Å²) < 4.78 is 24.1. The normalized spacial score (nSPS) is 11.0. The summed E-state index contributed by atoms with van der Waals surface area (Å²) in [5.74, 6) is 1.13. The van der Waals surface area contributed by atoms with Crippen LogP contribution in [0.1, 0.15) is 6.42 Å². The van der Waals surface area contributed by atoms with E-state index < -0.39 is 0 Å². The minimum atomic E-state index is -0.321. The zero-order chi connectivity index (χ0) is 14.7. The summed E-state index contributed by atoms with van der Waals surface area (Å²) in [6.07, 6.45) is 0.958. The van der Waals surface area contributed by atoms with Gasteiger partial charge in [-0.3, -0.25) is 0 Å². The minimum Gasteiger partial charge on any atom is -0.494 e. The van der Waals surface area contributed by atoms with Crippen LogP contribution in [0.25, 0.3) is 22.2 Å². The van der Waals surface area contributed by atoms with Gasteiger partial charge >= 0.3 is 0 Å². The van der Waals surface area contributed by atoms with Crippen LogP contribution in [0.4, 0.5) is 4.39 Å². The first-order chi connectivity index (χ1) is 10.3. The zero-order valence-corrected chi connectivity index (χ0v) is 12.8. The van der Waals surface area contributed by atoms with Crippen molar-refractivity contribution in [3.8, 4) is 17.1 Å². The summed E-state index contributed by atoms with van der Waals surface area (Å²) in [7, 11) is 0. The average molecular weight is 350 g/mol. The Bertz CT molecular complexity index is 740. The van der Waals surface area contributed by atoms with Gasteiger partial charge in [-0.1, -0.05) is 21.1 Å². The van der Waals surface area contributed by atoms with Gasteiger partial charge < -0.3 is 9.26 Å². The molecule has 0 unspecified atom stereocenters. The standard InChI is InChI=1S/C16H13BrFNO2/c17-8-1-9-20-13-5-2-11(3-6-13)16-14-7-4-12(18)10-15(14)19-21-16/h2-7,10H,1,8-9H2. The molecule has 0 N–H and O–H groups in total. The molecule has 0 aliphatic carbocycles. The van der Waals surface area contributed by atoms with Gasteiger partial charge in [-0.15, -0.1) is 0 Å². The fraction of sp³-hybridized carbons (Fsp3) is 0.188. The van der Waals surface area contributed by atoms with Gasteiger partial charge in [0, 0.05) is 22.3 Å². The van der Waals surface area contributed by atoms with E-state index in [4.69, 9.17) is 9.26 Å². The highest BCUT2D eigenvalue weighted by atomic mass is 79.9. The molecule has 0 amide bonds. The second-order valence-corrected chi connectivity index (χ2v) is 5.38. The van der Waals surface area contributed by atoms with Crippen LogP contribution in [-0.4, -0.2) is 17.1 Å². The molecule has 0 aliphatic rings. The van der Waals surface area contributed by atoms with E-state index in [0.717, 1.165) is 28.5 Å². The Morgan fingerprint density at radius 3 is 2.71 bits per heavy atom.